The quantitative estimate of drug-likeness (QED) is 0.720. The first-order valence-electron chi connectivity index (χ1n) is 10.2. The van der Waals surface area contributed by atoms with Gasteiger partial charge in [0.15, 0.2) is 0 Å². The highest BCUT2D eigenvalue weighted by Gasteiger charge is 2.29. The minimum Gasteiger partial charge on any atom is -0.378 e. The van der Waals surface area contributed by atoms with Gasteiger partial charge in [-0.3, -0.25) is 4.79 Å². The van der Waals surface area contributed by atoms with E-state index in [1.165, 1.54) is 11.1 Å². The smallest absolute Gasteiger partial charge is 0.240 e. The molecule has 0 aliphatic carbocycles. The van der Waals surface area contributed by atoms with Gasteiger partial charge in [0.05, 0.1) is 25.5 Å². The van der Waals surface area contributed by atoms with Gasteiger partial charge in [-0.2, -0.15) is 0 Å². The number of carbonyl (C=O) groups excluding carboxylic acids is 1. The van der Waals surface area contributed by atoms with Gasteiger partial charge in [0.2, 0.25) is 5.91 Å². The molecule has 1 amide bonds. The molecule has 0 spiro atoms. The van der Waals surface area contributed by atoms with Crippen molar-refractivity contribution in [2.24, 2.45) is 0 Å². The Morgan fingerprint density at radius 1 is 1.24 bits per heavy atom. The highest BCUT2D eigenvalue weighted by Crippen LogP contribution is 2.28. The number of morpholine rings is 1. The standard InChI is InChI=1S/C22H27ClN4O2/c1-15-4-3-5-17(12-15)13-20-24-19-6-7-27(22(28)16(2)23)14-18(19)21(25-20)26-8-10-29-11-9-26/h3-5,12,16H,6-11,13-14H2,1-2H3/t16-/m0/s1. The van der Waals surface area contributed by atoms with Gasteiger partial charge in [0.25, 0.3) is 0 Å². The van der Waals surface area contributed by atoms with E-state index in [2.05, 4.69) is 36.1 Å². The number of amides is 1. The summed E-state index contributed by atoms with van der Waals surface area (Å²) in [6.45, 7) is 7.96. The van der Waals surface area contributed by atoms with Crippen LogP contribution in [0, 0.1) is 6.92 Å². The fraction of sp³-hybridized carbons (Fsp3) is 0.500. The monoisotopic (exact) mass is 414 g/mol. The maximum Gasteiger partial charge on any atom is 0.240 e. The summed E-state index contributed by atoms with van der Waals surface area (Å²) in [6, 6.07) is 8.47. The first-order valence-corrected chi connectivity index (χ1v) is 10.6. The SMILES string of the molecule is Cc1cccc(Cc2nc3c(c(N4CCOCC4)n2)CN(C(=O)[C@H](C)Cl)CC3)c1. The molecule has 1 aromatic heterocycles. The molecule has 0 radical (unpaired) electrons. The molecule has 1 aromatic carbocycles. The fourth-order valence-electron chi connectivity index (χ4n) is 4.01. The number of nitrogens with zero attached hydrogens (tertiary/aromatic N) is 4. The molecule has 1 fully saturated rings. The third-order valence-electron chi connectivity index (χ3n) is 5.49. The highest BCUT2D eigenvalue weighted by molar-refractivity contribution is 6.30. The Balaban J connectivity index is 1.68. The number of ether oxygens (including phenoxy) is 1. The number of fused-ring (bicyclic) bond motifs is 1. The number of carbonyl (C=O) groups is 1. The molecule has 1 saturated heterocycles. The van der Waals surface area contributed by atoms with Crippen molar-refractivity contribution in [3.05, 3.63) is 52.5 Å². The Bertz CT molecular complexity index is 896. The average molecular weight is 415 g/mol. The molecule has 0 saturated carbocycles. The molecule has 2 aromatic rings. The van der Waals surface area contributed by atoms with E-state index in [0.717, 1.165) is 42.4 Å². The number of aryl methyl sites for hydroxylation is 1. The molecule has 3 heterocycles. The van der Waals surface area contributed by atoms with Crippen LogP contribution in [0.25, 0.3) is 0 Å². The van der Waals surface area contributed by atoms with Crippen LogP contribution in [0.4, 0.5) is 5.82 Å². The lowest BCUT2D eigenvalue weighted by Gasteiger charge is -2.35. The molecule has 154 valence electrons. The number of alkyl halides is 1. The van der Waals surface area contributed by atoms with Crippen LogP contribution in [0.5, 0.6) is 0 Å². The second kappa shape index (κ2) is 8.67. The second-order valence-corrected chi connectivity index (χ2v) is 8.43. The maximum atomic E-state index is 12.5. The van der Waals surface area contributed by atoms with E-state index in [1.54, 1.807) is 6.92 Å². The molecule has 1 atom stereocenters. The van der Waals surface area contributed by atoms with E-state index in [0.29, 0.717) is 32.7 Å². The first kappa shape index (κ1) is 20.1. The molecule has 0 N–H and O–H groups in total. The van der Waals surface area contributed by atoms with Gasteiger partial charge in [-0.05, 0) is 19.4 Å². The Hall–Kier alpha value is -2.18. The van der Waals surface area contributed by atoms with Crippen molar-refractivity contribution >= 4 is 23.3 Å². The van der Waals surface area contributed by atoms with Gasteiger partial charge >= 0.3 is 0 Å². The van der Waals surface area contributed by atoms with E-state index in [9.17, 15) is 4.79 Å². The summed E-state index contributed by atoms with van der Waals surface area (Å²) >= 11 is 6.06. The van der Waals surface area contributed by atoms with Crippen LogP contribution in [0.3, 0.4) is 0 Å². The van der Waals surface area contributed by atoms with Gasteiger partial charge in [-0.15, -0.1) is 11.6 Å². The van der Waals surface area contributed by atoms with Crippen LogP contribution in [-0.4, -0.2) is 59.0 Å². The minimum atomic E-state index is -0.523. The zero-order valence-electron chi connectivity index (χ0n) is 17.0. The molecule has 2 aliphatic rings. The minimum absolute atomic E-state index is 0.0333. The van der Waals surface area contributed by atoms with Crippen molar-refractivity contribution < 1.29 is 9.53 Å². The molecule has 29 heavy (non-hydrogen) atoms. The van der Waals surface area contributed by atoms with Crippen molar-refractivity contribution in [2.45, 2.75) is 38.6 Å². The van der Waals surface area contributed by atoms with Crippen molar-refractivity contribution in [3.63, 3.8) is 0 Å². The predicted molar refractivity (Wildman–Crippen MR) is 113 cm³/mol. The zero-order chi connectivity index (χ0) is 20.4. The lowest BCUT2D eigenvalue weighted by molar-refractivity contribution is -0.131. The van der Waals surface area contributed by atoms with Crippen molar-refractivity contribution in [2.75, 3.05) is 37.7 Å². The molecule has 2 aliphatic heterocycles. The highest BCUT2D eigenvalue weighted by atomic mass is 35.5. The Labute approximate surface area is 176 Å². The Morgan fingerprint density at radius 3 is 2.76 bits per heavy atom. The number of hydrogen-bond acceptors (Lipinski definition) is 5. The molecule has 0 unspecified atom stereocenters. The van der Waals surface area contributed by atoms with Gasteiger partial charge in [-0.25, -0.2) is 9.97 Å². The van der Waals surface area contributed by atoms with E-state index in [4.69, 9.17) is 26.3 Å². The predicted octanol–water partition coefficient (Wildman–Crippen LogP) is 2.72. The van der Waals surface area contributed by atoms with Crippen LogP contribution in [0.15, 0.2) is 24.3 Å². The molecule has 7 heteroatoms. The summed E-state index contributed by atoms with van der Waals surface area (Å²) < 4.78 is 5.53. The van der Waals surface area contributed by atoms with Crippen LogP contribution < -0.4 is 4.90 Å². The molecular weight excluding hydrogens is 388 g/mol. The van der Waals surface area contributed by atoms with Crippen molar-refractivity contribution in [1.29, 1.82) is 0 Å². The second-order valence-electron chi connectivity index (χ2n) is 7.78. The summed E-state index contributed by atoms with van der Waals surface area (Å²) in [5.41, 5.74) is 4.55. The summed E-state index contributed by atoms with van der Waals surface area (Å²) in [5, 5.41) is -0.523. The first-order chi connectivity index (χ1) is 14.0. The Kier molecular flexibility index (Phi) is 6.01. The van der Waals surface area contributed by atoms with E-state index in [-0.39, 0.29) is 5.91 Å². The summed E-state index contributed by atoms with van der Waals surface area (Å²) in [6.07, 6.45) is 1.43. The summed E-state index contributed by atoms with van der Waals surface area (Å²) in [7, 11) is 0. The van der Waals surface area contributed by atoms with E-state index in [1.807, 2.05) is 4.90 Å². The number of hydrogen-bond donors (Lipinski definition) is 0. The van der Waals surface area contributed by atoms with E-state index >= 15 is 0 Å². The number of anilines is 1. The van der Waals surface area contributed by atoms with Crippen LogP contribution in [0.1, 0.15) is 35.1 Å². The third kappa shape index (κ3) is 4.54. The summed E-state index contributed by atoms with van der Waals surface area (Å²) in [4.78, 5) is 26.4. The van der Waals surface area contributed by atoms with Crippen LogP contribution in [0.2, 0.25) is 0 Å². The van der Waals surface area contributed by atoms with Crippen LogP contribution >= 0.6 is 11.6 Å². The number of benzene rings is 1. The lowest BCUT2D eigenvalue weighted by atomic mass is 10.0. The van der Waals surface area contributed by atoms with Crippen molar-refractivity contribution in [3.8, 4) is 0 Å². The van der Waals surface area contributed by atoms with Crippen molar-refractivity contribution in [1.82, 2.24) is 14.9 Å². The van der Waals surface area contributed by atoms with Gasteiger partial charge in [-0.1, -0.05) is 29.8 Å². The van der Waals surface area contributed by atoms with Gasteiger partial charge < -0.3 is 14.5 Å². The fourth-order valence-corrected chi connectivity index (χ4v) is 4.14. The lowest BCUT2D eigenvalue weighted by Crippen LogP contribution is -2.42. The molecule has 4 rings (SSSR count). The topological polar surface area (TPSA) is 58.6 Å². The normalized spacial score (nSPS) is 17.8. The number of rotatable bonds is 4. The third-order valence-corrected chi connectivity index (χ3v) is 5.68. The average Bonchev–Trinajstić information content (AvgIpc) is 2.73. The largest absolute Gasteiger partial charge is 0.378 e. The van der Waals surface area contributed by atoms with Gasteiger partial charge in [0.1, 0.15) is 17.0 Å². The maximum absolute atomic E-state index is 12.5. The number of aromatic nitrogens is 2. The molecular formula is C22H27ClN4O2. The summed E-state index contributed by atoms with van der Waals surface area (Å²) in [5.74, 6) is 1.75. The molecule has 0 bridgehead atoms. The van der Waals surface area contributed by atoms with E-state index < -0.39 is 5.38 Å². The van der Waals surface area contributed by atoms with Gasteiger partial charge in [0, 0.05) is 38.0 Å². The number of halogens is 1. The Morgan fingerprint density at radius 2 is 2.03 bits per heavy atom. The molecule has 6 nitrogen and oxygen atoms in total. The zero-order valence-corrected chi connectivity index (χ0v) is 17.8. The van der Waals surface area contributed by atoms with Crippen LogP contribution in [-0.2, 0) is 28.9 Å².